The number of carbonyl (C=O) groups excluding carboxylic acids is 1. The Bertz CT molecular complexity index is 2120. The Hall–Kier alpha value is -5.41. The predicted octanol–water partition coefficient (Wildman–Crippen LogP) is 5.78. The summed E-state index contributed by atoms with van der Waals surface area (Å²) in [5.74, 6) is 1.84. The van der Waals surface area contributed by atoms with Gasteiger partial charge in [0.15, 0.2) is 4.80 Å². The summed E-state index contributed by atoms with van der Waals surface area (Å²) < 4.78 is 19.2. The molecule has 4 aromatic carbocycles. The number of para-hydroxylation sites is 2. The monoisotopic (exact) mass is 631 g/mol. The Labute approximate surface area is 270 Å². The number of aryl methyl sites for hydroxylation is 1. The highest BCUT2D eigenvalue weighted by molar-refractivity contribution is 7.07. The second kappa shape index (κ2) is 13.3. The molecule has 9 heteroatoms. The zero-order valence-corrected chi connectivity index (χ0v) is 26.8. The van der Waals surface area contributed by atoms with Gasteiger partial charge in [0.25, 0.3) is 11.5 Å². The Morgan fingerprint density at radius 2 is 1.65 bits per heavy atom. The summed E-state index contributed by atoms with van der Waals surface area (Å²) in [6, 6.07) is 29.5. The van der Waals surface area contributed by atoms with Crippen molar-refractivity contribution in [3.05, 3.63) is 150 Å². The Morgan fingerprint density at radius 1 is 0.913 bits per heavy atom. The highest BCUT2D eigenvalue weighted by Crippen LogP contribution is 2.32. The lowest BCUT2D eigenvalue weighted by atomic mass is 9.95. The average molecular weight is 632 g/mol. The number of nitrogens with one attached hydrogen (secondary N) is 1. The molecule has 1 N–H and O–H groups in total. The van der Waals surface area contributed by atoms with Gasteiger partial charge >= 0.3 is 0 Å². The second-order valence-corrected chi connectivity index (χ2v) is 11.8. The number of ether oxygens (including phenoxy) is 3. The molecule has 1 aliphatic rings. The summed E-state index contributed by atoms with van der Waals surface area (Å²) in [5, 5.41) is 2.98. The Balaban J connectivity index is 1.41. The minimum atomic E-state index is -0.693. The number of hydrogen-bond donors (Lipinski definition) is 1. The fourth-order valence-electron chi connectivity index (χ4n) is 5.46. The van der Waals surface area contributed by atoms with Crippen molar-refractivity contribution in [3.63, 3.8) is 0 Å². The van der Waals surface area contributed by atoms with Gasteiger partial charge in [-0.05, 0) is 79.1 Å². The Kier molecular flexibility index (Phi) is 8.85. The van der Waals surface area contributed by atoms with Crippen molar-refractivity contribution in [2.75, 3.05) is 19.5 Å². The van der Waals surface area contributed by atoms with Crippen LogP contribution in [0.1, 0.15) is 35.2 Å². The average Bonchev–Trinajstić information content (AvgIpc) is 3.37. The van der Waals surface area contributed by atoms with Gasteiger partial charge in [0.2, 0.25) is 0 Å². The van der Waals surface area contributed by atoms with E-state index in [1.807, 2.05) is 110 Å². The maximum Gasteiger partial charge on any atom is 0.271 e. The van der Waals surface area contributed by atoms with Crippen LogP contribution in [-0.4, -0.2) is 24.7 Å². The lowest BCUT2D eigenvalue weighted by Gasteiger charge is -2.25. The molecule has 0 radical (unpaired) electrons. The number of rotatable bonds is 9. The molecule has 0 saturated carbocycles. The quantitative estimate of drug-likeness (QED) is 0.223. The number of nitrogens with zero attached hydrogens (tertiary/aromatic N) is 2. The highest BCUT2D eigenvalue weighted by Gasteiger charge is 2.32. The molecule has 0 aliphatic carbocycles. The van der Waals surface area contributed by atoms with Gasteiger partial charge in [0, 0.05) is 11.3 Å². The predicted molar refractivity (Wildman–Crippen MR) is 180 cm³/mol. The molecule has 0 unspecified atom stereocenters. The molecular weight excluding hydrogens is 598 g/mol. The first kappa shape index (κ1) is 30.6. The molecule has 232 valence electrons. The molecule has 2 heterocycles. The summed E-state index contributed by atoms with van der Waals surface area (Å²) in [4.78, 5) is 33.2. The second-order valence-electron chi connectivity index (χ2n) is 10.8. The minimum absolute atomic E-state index is 0.240. The number of carbonyl (C=O) groups is 1. The van der Waals surface area contributed by atoms with Gasteiger partial charge in [0.1, 0.15) is 23.9 Å². The van der Waals surface area contributed by atoms with Gasteiger partial charge in [-0.2, -0.15) is 0 Å². The van der Waals surface area contributed by atoms with Crippen LogP contribution in [0.2, 0.25) is 0 Å². The van der Waals surface area contributed by atoms with E-state index in [2.05, 4.69) is 5.32 Å². The molecule has 1 atom stereocenters. The number of thiazole rings is 1. The number of fused-ring (bicyclic) bond motifs is 1. The number of benzene rings is 4. The third kappa shape index (κ3) is 6.23. The van der Waals surface area contributed by atoms with Crippen LogP contribution >= 0.6 is 11.3 Å². The molecule has 46 heavy (non-hydrogen) atoms. The zero-order chi connectivity index (χ0) is 32.2. The number of hydrogen-bond acceptors (Lipinski definition) is 7. The van der Waals surface area contributed by atoms with Gasteiger partial charge in [0.05, 0.1) is 36.1 Å². The van der Waals surface area contributed by atoms with Crippen molar-refractivity contribution in [2.45, 2.75) is 26.5 Å². The van der Waals surface area contributed by atoms with Crippen LogP contribution in [0.5, 0.6) is 17.2 Å². The molecule has 0 saturated heterocycles. The van der Waals surface area contributed by atoms with E-state index in [9.17, 15) is 9.59 Å². The van der Waals surface area contributed by atoms with Crippen molar-refractivity contribution < 1.29 is 19.0 Å². The van der Waals surface area contributed by atoms with E-state index in [1.54, 1.807) is 25.7 Å². The molecule has 5 aromatic rings. The number of methoxy groups -OCH3 is 2. The standard InChI is InChI=1S/C37H33N3O5S/c1-23-10-8-9-13-30(23)45-22-27-20-25(14-19-31(27)44-4)21-32-36(42)40-34(26-15-17-29(43-3)18-16-26)33(24(2)38-37(40)46-32)35(41)39-28-11-6-5-7-12-28/h5-21,34H,22H2,1-4H3,(H,39,41)/b32-21+/t34-/m1/s1. The van der Waals surface area contributed by atoms with E-state index >= 15 is 0 Å². The van der Waals surface area contributed by atoms with Gasteiger partial charge in [-0.1, -0.05) is 65.9 Å². The number of aromatic nitrogens is 1. The van der Waals surface area contributed by atoms with Gasteiger partial charge in [-0.15, -0.1) is 0 Å². The summed E-state index contributed by atoms with van der Waals surface area (Å²) >= 11 is 1.29. The fraction of sp³-hybridized carbons (Fsp3) is 0.162. The molecule has 0 bridgehead atoms. The van der Waals surface area contributed by atoms with E-state index < -0.39 is 6.04 Å². The topological polar surface area (TPSA) is 91.2 Å². The first-order valence-electron chi connectivity index (χ1n) is 14.7. The smallest absolute Gasteiger partial charge is 0.271 e. The molecule has 8 nitrogen and oxygen atoms in total. The van der Waals surface area contributed by atoms with Gasteiger partial charge in [-0.25, -0.2) is 4.99 Å². The molecule has 6 rings (SSSR count). The molecule has 0 fully saturated rings. The lowest BCUT2D eigenvalue weighted by Crippen LogP contribution is -2.40. The largest absolute Gasteiger partial charge is 0.497 e. The first-order valence-corrected chi connectivity index (χ1v) is 15.6. The third-order valence-corrected chi connectivity index (χ3v) is 8.79. The highest BCUT2D eigenvalue weighted by atomic mass is 32.1. The lowest BCUT2D eigenvalue weighted by molar-refractivity contribution is -0.113. The maximum atomic E-state index is 14.2. The number of anilines is 1. The van der Waals surface area contributed by atoms with Crippen molar-refractivity contribution in [2.24, 2.45) is 4.99 Å². The van der Waals surface area contributed by atoms with Crippen molar-refractivity contribution in [1.82, 2.24) is 4.57 Å². The SMILES string of the molecule is COc1ccc([C@@H]2C(C(=O)Nc3ccccc3)=C(C)N=c3s/c(=C/c4ccc(OC)c(COc5ccccc5C)c4)c(=O)n32)cc1. The van der Waals surface area contributed by atoms with E-state index in [0.29, 0.717) is 44.4 Å². The normalized spacial score (nSPS) is 14.3. The minimum Gasteiger partial charge on any atom is -0.497 e. The van der Waals surface area contributed by atoms with Crippen LogP contribution in [0.4, 0.5) is 5.69 Å². The van der Waals surface area contributed by atoms with Gasteiger partial charge in [-0.3, -0.25) is 14.2 Å². The van der Waals surface area contributed by atoms with Crippen LogP contribution in [0.3, 0.4) is 0 Å². The molecule has 0 spiro atoms. The van der Waals surface area contributed by atoms with Crippen LogP contribution in [-0.2, 0) is 11.4 Å². The van der Waals surface area contributed by atoms with E-state index in [4.69, 9.17) is 19.2 Å². The van der Waals surface area contributed by atoms with E-state index in [1.165, 1.54) is 11.3 Å². The van der Waals surface area contributed by atoms with Crippen LogP contribution < -0.4 is 34.4 Å². The summed E-state index contributed by atoms with van der Waals surface area (Å²) in [6.45, 7) is 4.10. The van der Waals surface area contributed by atoms with Crippen LogP contribution in [0, 0.1) is 6.92 Å². The maximum absolute atomic E-state index is 14.2. The van der Waals surface area contributed by atoms with Crippen molar-refractivity contribution in [1.29, 1.82) is 0 Å². The van der Waals surface area contributed by atoms with Crippen LogP contribution in [0.25, 0.3) is 6.08 Å². The zero-order valence-electron chi connectivity index (χ0n) is 25.9. The van der Waals surface area contributed by atoms with Gasteiger partial charge < -0.3 is 19.5 Å². The summed E-state index contributed by atoms with van der Waals surface area (Å²) in [5.41, 5.74) is 4.82. The Morgan fingerprint density at radius 3 is 2.37 bits per heavy atom. The number of amides is 1. The van der Waals surface area contributed by atoms with E-state index in [-0.39, 0.29) is 11.5 Å². The fourth-order valence-corrected chi connectivity index (χ4v) is 6.51. The van der Waals surface area contributed by atoms with Crippen molar-refractivity contribution in [3.8, 4) is 17.2 Å². The number of allylic oxidation sites excluding steroid dienone is 1. The van der Waals surface area contributed by atoms with Crippen LogP contribution in [0.15, 0.2) is 118 Å². The first-order chi connectivity index (χ1) is 22.4. The summed E-state index contributed by atoms with van der Waals surface area (Å²) in [7, 11) is 3.22. The molecule has 1 amide bonds. The van der Waals surface area contributed by atoms with Crippen molar-refractivity contribution >= 4 is 29.0 Å². The molecule has 1 aromatic heterocycles. The van der Waals surface area contributed by atoms with E-state index in [0.717, 1.165) is 28.0 Å². The third-order valence-electron chi connectivity index (χ3n) is 7.81. The molecule has 1 aliphatic heterocycles. The molecular formula is C37H33N3O5S. The summed E-state index contributed by atoms with van der Waals surface area (Å²) in [6.07, 6.45) is 1.84.